The molecule has 0 atom stereocenters. The molecule has 0 aromatic carbocycles. The van der Waals surface area contributed by atoms with E-state index in [0.29, 0.717) is 13.1 Å². The highest BCUT2D eigenvalue weighted by Gasteiger charge is 2.29. The molecule has 0 unspecified atom stereocenters. The number of unbranched alkanes of at least 4 members (excludes halogenated alkanes) is 1. The van der Waals surface area contributed by atoms with Gasteiger partial charge in [-0.2, -0.15) is 0 Å². The normalized spacial score (nSPS) is 23.8. The number of amides is 1. The van der Waals surface area contributed by atoms with Crippen molar-refractivity contribution in [3.8, 4) is 0 Å². The molecule has 1 aliphatic heterocycles. The van der Waals surface area contributed by atoms with Crippen molar-refractivity contribution in [1.82, 2.24) is 9.80 Å². The molecule has 0 spiro atoms. The predicted molar refractivity (Wildman–Crippen MR) is 105 cm³/mol. The Hall–Kier alpha value is -1.14. The van der Waals surface area contributed by atoms with Gasteiger partial charge in [-0.25, -0.2) is 0 Å². The molecule has 1 heterocycles. The summed E-state index contributed by atoms with van der Waals surface area (Å²) in [7, 11) is 1.40. The maximum atomic E-state index is 13.1. The van der Waals surface area contributed by atoms with Crippen molar-refractivity contribution in [2.75, 3.05) is 53.0 Å². The second-order valence-electron chi connectivity index (χ2n) is 7.97. The fraction of sp³-hybridized carbons (Fsp3) is 0.905. The van der Waals surface area contributed by atoms with Gasteiger partial charge in [0.2, 0.25) is 5.91 Å². The predicted octanol–water partition coefficient (Wildman–Crippen LogP) is 2.71. The number of carbonyl (C=O) groups excluding carboxylic acids is 2. The lowest BCUT2D eigenvalue weighted by molar-refractivity contribution is -0.143. The zero-order valence-electron chi connectivity index (χ0n) is 17.3. The van der Waals surface area contributed by atoms with Crippen LogP contribution >= 0.6 is 0 Å². The first-order valence-electron chi connectivity index (χ1n) is 10.8. The zero-order valence-corrected chi connectivity index (χ0v) is 17.3. The van der Waals surface area contributed by atoms with Gasteiger partial charge in [-0.3, -0.25) is 14.5 Å². The molecule has 0 N–H and O–H groups in total. The van der Waals surface area contributed by atoms with E-state index in [-0.39, 0.29) is 24.2 Å². The van der Waals surface area contributed by atoms with Crippen molar-refractivity contribution in [2.45, 2.75) is 58.3 Å². The molecule has 156 valence electrons. The molecule has 2 fully saturated rings. The van der Waals surface area contributed by atoms with Gasteiger partial charge in [0.05, 0.1) is 26.7 Å². The van der Waals surface area contributed by atoms with E-state index < -0.39 is 0 Å². The Morgan fingerprint density at radius 3 is 2.44 bits per heavy atom. The topological polar surface area (TPSA) is 59.1 Å². The standard InChI is InChI=1S/C21H38N2O4/c1-3-4-5-18-6-8-19(9-7-18)21(25)23(11-10-20(24)26-2)13-12-22-14-16-27-17-15-22/h18-19H,3-17H2,1-2H3. The maximum absolute atomic E-state index is 13.1. The maximum Gasteiger partial charge on any atom is 0.307 e. The van der Waals surface area contributed by atoms with Gasteiger partial charge in [0.1, 0.15) is 0 Å². The molecular weight excluding hydrogens is 344 g/mol. The van der Waals surface area contributed by atoms with Gasteiger partial charge in [-0.05, 0) is 31.6 Å². The summed E-state index contributed by atoms with van der Waals surface area (Å²) in [6.45, 7) is 7.60. The quantitative estimate of drug-likeness (QED) is 0.544. The van der Waals surface area contributed by atoms with Crippen molar-refractivity contribution < 1.29 is 19.1 Å². The molecule has 6 nitrogen and oxygen atoms in total. The van der Waals surface area contributed by atoms with Gasteiger partial charge >= 0.3 is 5.97 Å². The Labute approximate surface area is 164 Å². The molecule has 0 bridgehead atoms. The number of morpholine rings is 1. The van der Waals surface area contributed by atoms with Crippen molar-refractivity contribution in [3.05, 3.63) is 0 Å². The van der Waals surface area contributed by atoms with E-state index in [1.807, 2.05) is 4.90 Å². The van der Waals surface area contributed by atoms with Crippen LogP contribution in [0.5, 0.6) is 0 Å². The summed E-state index contributed by atoms with van der Waals surface area (Å²) in [5.74, 6) is 0.916. The Balaban J connectivity index is 1.84. The Morgan fingerprint density at radius 1 is 1.11 bits per heavy atom. The van der Waals surface area contributed by atoms with Crippen LogP contribution in [0.1, 0.15) is 58.3 Å². The number of ether oxygens (including phenoxy) is 2. The number of hydrogen-bond donors (Lipinski definition) is 0. The Kier molecular flexibility index (Phi) is 10.1. The van der Waals surface area contributed by atoms with E-state index in [4.69, 9.17) is 9.47 Å². The van der Waals surface area contributed by atoms with Crippen LogP contribution in [0.3, 0.4) is 0 Å². The number of hydrogen-bond acceptors (Lipinski definition) is 5. The van der Waals surface area contributed by atoms with E-state index in [1.54, 1.807) is 0 Å². The third-order valence-corrected chi connectivity index (χ3v) is 6.08. The monoisotopic (exact) mass is 382 g/mol. The number of methoxy groups -OCH3 is 1. The van der Waals surface area contributed by atoms with Crippen molar-refractivity contribution in [2.24, 2.45) is 11.8 Å². The summed E-state index contributed by atoms with van der Waals surface area (Å²) >= 11 is 0. The molecule has 2 aliphatic rings. The first-order chi connectivity index (χ1) is 13.1. The van der Waals surface area contributed by atoms with E-state index in [0.717, 1.165) is 51.6 Å². The number of rotatable bonds is 10. The van der Waals surface area contributed by atoms with Crippen LogP contribution in [0.4, 0.5) is 0 Å². The van der Waals surface area contributed by atoms with Crippen LogP contribution in [0.25, 0.3) is 0 Å². The largest absolute Gasteiger partial charge is 0.469 e. The summed E-state index contributed by atoms with van der Waals surface area (Å²) in [4.78, 5) is 28.9. The number of esters is 1. The fourth-order valence-electron chi connectivity index (χ4n) is 4.20. The van der Waals surface area contributed by atoms with E-state index >= 15 is 0 Å². The molecule has 1 saturated carbocycles. The average Bonchev–Trinajstić information content (AvgIpc) is 2.72. The first-order valence-corrected chi connectivity index (χ1v) is 10.8. The highest BCUT2D eigenvalue weighted by atomic mass is 16.5. The van der Waals surface area contributed by atoms with Crippen molar-refractivity contribution in [3.63, 3.8) is 0 Å². The lowest BCUT2D eigenvalue weighted by Crippen LogP contribution is -2.45. The van der Waals surface area contributed by atoms with Gasteiger partial charge in [0.15, 0.2) is 0 Å². The molecular formula is C21H38N2O4. The van der Waals surface area contributed by atoms with Crippen LogP contribution in [-0.4, -0.2) is 74.7 Å². The Morgan fingerprint density at radius 2 is 1.81 bits per heavy atom. The third-order valence-electron chi connectivity index (χ3n) is 6.08. The SMILES string of the molecule is CCCCC1CCC(C(=O)N(CCC(=O)OC)CCN2CCOCC2)CC1. The molecule has 0 aromatic rings. The summed E-state index contributed by atoms with van der Waals surface area (Å²) in [6, 6.07) is 0. The van der Waals surface area contributed by atoms with Gasteiger partial charge in [0, 0.05) is 38.6 Å². The minimum Gasteiger partial charge on any atom is -0.469 e. The molecule has 0 aromatic heterocycles. The highest BCUT2D eigenvalue weighted by Crippen LogP contribution is 2.33. The van der Waals surface area contributed by atoms with E-state index in [9.17, 15) is 9.59 Å². The van der Waals surface area contributed by atoms with Crippen LogP contribution in [-0.2, 0) is 19.1 Å². The van der Waals surface area contributed by atoms with Gasteiger partial charge in [-0.15, -0.1) is 0 Å². The number of nitrogens with zero attached hydrogens (tertiary/aromatic N) is 2. The minimum absolute atomic E-state index is 0.130. The molecule has 6 heteroatoms. The lowest BCUT2D eigenvalue weighted by Gasteiger charge is -2.34. The fourth-order valence-corrected chi connectivity index (χ4v) is 4.20. The molecule has 27 heavy (non-hydrogen) atoms. The Bertz CT molecular complexity index is 443. The number of carbonyl (C=O) groups is 2. The summed E-state index contributed by atoms with van der Waals surface area (Å²) in [5.41, 5.74) is 0. The second kappa shape index (κ2) is 12.3. The molecule has 1 aliphatic carbocycles. The lowest BCUT2D eigenvalue weighted by atomic mass is 9.79. The van der Waals surface area contributed by atoms with Crippen LogP contribution in [0.15, 0.2) is 0 Å². The second-order valence-corrected chi connectivity index (χ2v) is 7.97. The van der Waals surface area contributed by atoms with Crippen LogP contribution in [0, 0.1) is 11.8 Å². The summed E-state index contributed by atoms with van der Waals surface area (Å²) in [6.07, 6.45) is 8.47. The van der Waals surface area contributed by atoms with E-state index in [2.05, 4.69) is 11.8 Å². The van der Waals surface area contributed by atoms with Crippen LogP contribution in [0.2, 0.25) is 0 Å². The molecule has 2 rings (SSSR count). The van der Waals surface area contributed by atoms with Gasteiger partial charge < -0.3 is 14.4 Å². The molecule has 1 amide bonds. The third kappa shape index (κ3) is 7.78. The molecule has 0 radical (unpaired) electrons. The van der Waals surface area contributed by atoms with Crippen molar-refractivity contribution in [1.29, 1.82) is 0 Å². The first kappa shape index (κ1) is 22.2. The smallest absolute Gasteiger partial charge is 0.307 e. The minimum atomic E-state index is -0.248. The van der Waals surface area contributed by atoms with Crippen molar-refractivity contribution >= 4 is 11.9 Å². The van der Waals surface area contributed by atoms with E-state index in [1.165, 1.54) is 39.2 Å². The highest BCUT2D eigenvalue weighted by molar-refractivity contribution is 5.79. The molecule has 1 saturated heterocycles. The average molecular weight is 383 g/mol. The van der Waals surface area contributed by atoms with Gasteiger partial charge in [0.25, 0.3) is 0 Å². The van der Waals surface area contributed by atoms with Crippen LogP contribution < -0.4 is 0 Å². The summed E-state index contributed by atoms with van der Waals surface area (Å²) in [5, 5.41) is 0. The zero-order chi connectivity index (χ0) is 19.5. The summed E-state index contributed by atoms with van der Waals surface area (Å²) < 4.78 is 10.2. The van der Waals surface area contributed by atoms with Gasteiger partial charge in [-0.1, -0.05) is 26.2 Å².